The van der Waals surface area contributed by atoms with Gasteiger partial charge in [0.2, 0.25) is 5.95 Å². The van der Waals surface area contributed by atoms with E-state index < -0.39 is 6.04 Å². The van der Waals surface area contributed by atoms with Crippen molar-refractivity contribution in [2.45, 2.75) is 19.9 Å². The number of hydrogen-bond acceptors (Lipinski definition) is 6. The van der Waals surface area contributed by atoms with Crippen molar-refractivity contribution in [3.05, 3.63) is 59.3 Å². The Labute approximate surface area is 162 Å². The third kappa shape index (κ3) is 2.90. The Bertz CT molecular complexity index is 1080. The number of carbonyl (C=O) groups excluding carboxylic acids is 1. The van der Waals surface area contributed by atoms with Gasteiger partial charge >= 0.3 is 0 Å². The van der Waals surface area contributed by atoms with Gasteiger partial charge in [-0.15, -0.1) is 0 Å². The second-order valence-corrected chi connectivity index (χ2v) is 6.58. The molecule has 1 amide bonds. The molecule has 4 rings (SSSR count). The first-order valence-corrected chi connectivity index (χ1v) is 8.81. The van der Waals surface area contributed by atoms with E-state index in [0.29, 0.717) is 28.7 Å². The monoisotopic (exact) mass is 379 g/mol. The number of hydrogen-bond donors (Lipinski definition) is 2. The lowest BCUT2D eigenvalue weighted by atomic mass is 9.98. The van der Waals surface area contributed by atoms with E-state index in [-0.39, 0.29) is 5.91 Å². The van der Waals surface area contributed by atoms with Gasteiger partial charge in [-0.25, -0.2) is 4.68 Å². The highest BCUT2D eigenvalue weighted by molar-refractivity contribution is 6.06. The van der Waals surface area contributed by atoms with E-state index in [2.05, 4.69) is 25.8 Å². The molecule has 28 heavy (non-hydrogen) atoms. The first kappa shape index (κ1) is 17.8. The lowest BCUT2D eigenvalue weighted by Gasteiger charge is -2.28. The third-order valence-corrected chi connectivity index (χ3v) is 4.71. The zero-order valence-corrected chi connectivity index (χ0v) is 16.1. The van der Waals surface area contributed by atoms with E-state index in [1.165, 1.54) is 6.33 Å². The fourth-order valence-corrected chi connectivity index (χ4v) is 3.48. The van der Waals surface area contributed by atoms with Gasteiger partial charge in [-0.3, -0.25) is 9.48 Å². The zero-order chi connectivity index (χ0) is 19.8. The van der Waals surface area contributed by atoms with Crippen LogP contribution >= 0.6 is 0 Å². The maximum absolute atomic E-state index is 13.3. The summed E-state index contributed by atoms with van der Waals surface area (Å²) in [5.41, 5.74) is 3.54. The molecule has 3 aromatic rings. The van der Waals surface area contributed by atoms with Crippen molar-refractivity contribution in [2.75, 3.05) is 17.7 Å². The van der Waals surface area contributed by atoms with Crippen LogP contribution in [0.15, 0.2) is 47.9 Å². The van der Waals surface area contributed by atoms with Crippen molar-refractivity contribution in [3.63, 3.8) is 0 Å². The van der Waals surface area contributed by atoms with Gasteiger partial charge < -0.3 is 15.4 Å². The lowest BCUT2D eigenvalue weighted by molar-refractivity contribution is -0.113. The van der Waals surface area contributed by atoms with Crippen molar-refractivity contribution >= 4 is 17.5 Å². The Kier molecular flexibility index (Phi) is 4.34. The van der Waals surface area contributed by atoms with Crippen LogP contribution in [0.5, 0.6) is 5.75 Å². The number of nitrogens with one attached hydrogen (secondary N) is 2. The average molecular weight is 379 g/mol. The molecule has 0 aliphatic carbocycles. The fourth-order valence-electron chi connectivity index (χ4n) is 3.48. The Hall–Kier alpha value is -3.62. The van der Waals surface area contributed by atoms with E-state index in [1.807, 2.05) is 39.1 Å². The van der Waals surface area contributed by atoms with Crippen molar-refractivity contribution < 1.29 is 9.53 Å². The van der Waals surface area contributed by atoms with Crippen molar-refractivity contribution in [1.29, 1.82) is 0 Å². The van der Waals surface area contributed by atoms with Crippen LogP contribution in [0.3, 0.4) is 0 Å². The number of nitrogens with zero attached hydrogens (tertiary/aromatic N) is 5. The number of anilines is 2. The van der Waals surface area contributed by atoms with Crippen molar-refractivity contribution in [3.8, 4) is 5.75 Å². The normalized spacial score (nSPS) is 15.8. The van der Waals surface area contributed by atoms with Crippen LogP contribution in [0.1, 0.15) is 24.4 Å². The van der Waals surface area contributed by atoms with Crippen LogP contribution in [0.4, 0.5) is 11.6 Å². The molecule has 9 heteroatoms. The summed E-state index contributed by atoms with van der Waals surface area (Å²) in [4.78, 5) is 17.6. The molecule has 1 aromatic carbocycles. The quantitative estimate of drug-likeness (QED) is 0.721. The molecule has 1 aliphatic heterocycles. The molecule has 0 unspecified atom stereocenters. The number of allylic oxidation sites excluding steroid dienone is 1. The van der Waals surface area contributed by atoms with E-state index >= 15 is 0 Å². The summed E-state index contributed by atoms with van der Waals surface area (Å²) in [6, 6.07) is 8.78. The molecule has 0 bridgehead atoms. The molecular formula is C19H21N7O2. The van der Waals surface area contributed by atoms with Crippen molar-refractivity contribution in [1.82, 2.24) is 24.5 Å². The van der Waals surface area contributed by atoms with Crippen molar-refractivity contribution in [2.24, 2.45) is 7.05 Å². The highest BCUT2D eigenvalue weighted by atomic mass is 16.5. The second-order valence-electron chi connectivity index (χ2n) is 6.58. The maximum Gasteiger partial charge on any atom is 0.256 e. The molecule has 144 valence electrons. The van der Waals surface area contributed by atoms with Gasteiger partial charge in [0.1, 0.15) is 18.1 Å². The minimum atomic E-state index is -0.459. The molecule has 0 spiro atoms. The molecule has 2 aromatic heterocycles. The summed E-state index contributed by atoms with van der Waals surface area (Å²) in [7, 11) is 3.42. The maximum atomic E-state index is 13.3. The number of carbonyl (C=O) groups is 1. The van der Waals surface area contributed by atoms with Crippen LogP contribution in [0.25, 0.3) is 0 Å². The number of ether oxygens (including phenoxy) is 1. The number of methoxy groups -OCH3 is 1. The average Bonchev–Trinajstić information content (AvgIpc) is 3.26. The molecule has 0 saturated carbocycles. The van der Waals surface area contributed by atoms with Gasteiger partial charge in [-0.05, 0) is 32.0 Å². The number of aryl methyl sites for hydroxylation is 2. The van der Waals surface area contributed by atoms with Crippen LogP contribution in [-0.4, -0.2) is 37.6 Å². The van der Waals surface area contributed by atoms with Gasteiger partial charge in [-0.2, -0.15) is 15.2 Å². The third-order valence-electron chi connectivity index (χ3n) is 4.71. The molecule has 9 nitrogen and oxygen atoms in total. The predicted molar refractivity (Wildman–Crippen MR) is 104 cm³/mol. The Morgan fingerprint density at radius 1 is 1.29 bits per heavy atom. The Morgan fingerprint density at radius 2 is 2.07 bits per heavy atom. The molecular weight excluding hydrogens is 358 g/mol. The van der Waals surface area contributed by atoms with E-state index in [9.17, 15) is 4.79 Å². The van der Waals surface area contributed by atoms with Gasteiger partial charge in [0, 0.05) is 12.7 Å². The highest BCUT2D eigenvalue weighted by Gasteiger charge is 2.35. The topological polar surface area (TPSA) is 98.9 Å². The summed E-state index contributed by atoms with van der Waals surface area (Å²) in [6.07, 6.45) is 1.47. The molecule has 1 aliphatic rings. The minimum Gasteiger partial charge on any atom is -0.495 e. The molecule has 1 atom stereocenters. The predicted octanol–water partition coefficient (Wildman–Crippen LogP) is 2.26. The molecule has 3 heterocycles. The number of benzene rings is 1. The summed E-state index contributed by atoms with van der Waals surface area (Å²) in [5, 5.41) is 14.9. The molecule has 0 fully saturated rings. The number of para-hydroxylation sites is 2. The summed E-state index contributed by atoms with van der Waals surface area (Å²) >= 11 is 0. The lowest BCUT2D eigenvalue weighted by Crippen LogP contribution is -2.32. The van der Waals surface area contributed by atoms with Crippen LogP contribution in [0.2, 0.25) is 0 Å². The first-order valence-electron chi connectivity index (χ1n) is 8.81. The van der Waals surface area contributed by atoms with Gasteiger partial charge in [0.05, 0.1) is 29.8 Å². The summed E-state index contributed by atoms with van der Waals surface area (Å²) < 4.78 is 8.81. The van der Waals surface area contributed by atoms with E-state index in [1.54, 1.807) is 28.6 Å². The van der Waals surface area contributed by atoms with Gasteiger partial charge in [0.15, 0.2) is 0 Å². The van der Waals surface area contributed by atoms with Gasteiger partial charge in [0.25, 0.3) is 5.91 Å². The second kappa shape index (κ2) is 6.84. The van der Waals surface area contributed by atoms with E-state index in [4.69, 9.17) is 4.74 Å². The number of rotatable bonds is 4. The zero-order valence-electron chi connectivity index (χ0n) is 16.1. The fraction of sp³-hybridized carbons (Fsp3) is 0.263. The molecule has 0 radical (unpaired) electrons. The number of amides is 1. The number of aromatic nitrogens is 5. The molecule has 2 N–H and O–H groups in total. The van der Waals surface area contributed by atoms with Crippen LogP contribution in [-0.2, 0) is 11.8 Å². The largest absolute Gasteiger partial charge is 0.495 e. The van der Waals surface area contributed by atoms with Gasteiger partial charge in [-0.1, -0.05) is 12.1 Å². The summed E-state index contributed by atoms with van der Waals surface area (Å²) in [6.45, 7) is 3.77. The molecule has 0 saturated heterocycles. The van der Waals surface area contributed by atoms with Crippen LogP contribution < -0.4 is 15.4 Å². The highest BCUT2D eigenvalue weighted by Crippen LogP contribution is 2.35. The Balaban J connectivity index is 1.79. The Morgan fingerprint density at radius 3 is 2.79 bits per heavy atom. The standard InChI is InChI=1S/C19H21N7O2/c1-11-9-14(25(3)24-11)17-16(12(2)22-19-20-10-21-26(17)19)18(27)23-13-7-5-6-8-15(13)28-4/h5-10,17H,1-4H3,(H,23,27)(H,20,21,22)/t17-/m1/s1. The first-order chi connectivity index (χ1) is 13.5. The van der Waals surface area contributed by atoms with Crippen LogP contribution in [0, 0.1) is 6.92 Å². The SMILES string of the molecule is COc1ccccc1NC(=O)C1=C(C)Nc2ncnn2[C@@H]1c1cc(C)nn1C. The van der Waals surface area contributed by atoms with E-state index in [0.717, 1.165) is 11.4 Å². The smallest absolute Gasteiger partial charge is 0.256 e. The number of fused-ring (bicyclic) bond motifs is 1. The summed E-state index contributed by atoms with van der Waals surface area (Å²) in [5.74, 6) is 0.918. The minimum absolute atomic E-state index is 0.250.